The summed E-state index contributed by atoms with van der Waals surface area (Å²) in [6, 6.07) is 6.20. The Morgan fingerprint density at radius 1 is 1.47 bits per heavy atom. The van der Waals surface area contributed by atoms with Crippen LogP contribution in [-0.4, -0.2) is 23.8 Å². The molecule has 0 aliphatic heterocycles. The number of aliphatic hydroxyl groups is 1. The number of hydrogen-bond acceptors (Lipinski definition) is 3. The van der Waals surface area contributed by atoms with Gasteiger partial charge in [0.2, 0.25) is 0 Å². The van der Waals surface area contributed by atoms with Crippen molar-refractivity contribution in [2.75, 3.05) is 6.61 Å². The molecule has 0 amide bonds. The van der Waals surface area contributed by atoms with Crippen LogP contribution in [0.25, 0.3) is 0 Å². The average Bonchev–Trinajstić information content (AvgIpc) is 2.31. The summed E-state index contributed by atoms with van der Waals surface area (Å²) in [5.41, 5.74) is 0.399. The maximum atomic E-state index is 13.3. The molecular formula is C13H17FO3. The Kier molecular flexibility index (Phi) is 5.10. The number of halogens is 1. The molecule has 4 heteroatoms. The third kappa shape index (κ3) is 3.82. The van der Waals surface area contributed by atoms with E-state index in [1.54, 1.807) is 32.0 Å². The lowest BCUT2D eigenvalue weighted by atomic mass is 9.97. The fourth-order valence-electron chi connectivity index (χ4n) is 1.50. The van der Waals surface area contributed by atoms with Gasteiger partial charge < -0.3 is 9.84 Å². The number of benzene rings is 1. The van der Waals surface area contributed by atoms with Crippen LogP contribution in [0, 0.1) is 11.7 Å². The lowest BCUT2D eigenvalue weighted by Gasteiger charge is -2.17. The largest absolute Gasteiger partial charge is 0.466 e. The van der Waals surface area contributed by atoms with Crippen molar-refractivity contribution in [1.82, 2.24) is 0 Å². The molecule has 0 fully saturated rings. The second-order valence-corrected chi connectivity index (χ2v) is 3.90. The first-order valence-corrected chi connectivity index (χ1v) is 5.64. The van der Waals surface area contributed by atoms with Gasteiger partial charge in [-0.1, -0.05) is 18.2 Å². The van der Waals surface area contributed by atoms with Crippen molar-refractivity contribution in [2.24, 2.45) is 5.92 Å². The molecule has 2 atom stereocenters. The molecule has 0 saturated heterocycles. The first kappa shape index (κ1) is 13.6. The smallest absolute Gasteiger partial charge is 0.311 e. The van der Waals surface area contributed by atoms with Crippen LogP contribution in [0.1, 0.15) is 19.4 Å². The van der Waals surface area contributed by atoms with Gasteiger partial charge in [-0.25, -0.2) is 4.39 Å². The summed E-state index contributed by atoms with van der Waals surface area (Å²) < 4.78 is 18.1. The van der Waals surface area contributed by atoms with E-state index in [0.29, 0.717) is 5.56 Å². The molecule has 2 unspecified atom stereocenters. The van der Waals surface area contributed by atoms with E-state index in [4.69, 9.17) is 4.74 Å². The van der Waals surface area contributed by atoms with E-state index in [2.05, 4.69) is 0 Å². The fourth-order valence-corrected chi connectivity index (χ4v) is 1.50. The van der Waals surface area contributed by atoms with Crippen molar-refractivity contribution in [1.29, 1.82) is 0 Å². The third-order valence-corrected chi connectivity index (χ3v) is 2.62. The fraction of sp³-hybridized carbons (Fsp3) is 0.462. The highest BCUT2D eigenvalue weighted by Gasteiger charge is 2.24. The highest BCUT2D eigenvalue weighted by atomic mass is 19.1. The predicted octanol–water partition coefficient (Wildman–Crippen LogP) is 1.93. The van der Waals surface area contributed by atoms with E-state index in [9.17, 15) is 14.3 Å². The molecule has 0 aliphatic rings. The molecule has 0 bridgehead atoms. The Morgan fingerprint density at radius 3 is 2.71 bits per heavy atom. The van der Waals surface area contributed by atoms with E-state index in [-0.39, 0.29) is 18.8 Å². The highest BCUT2D eigenvalue weighted by molar-refractivity contribution is 5.72. The topological polar surface area (TPSA) is 46.5 Å². The lowest BCUT2D eigenvalue weighted by molar-refractivity contribution is -0.151. The quantitative estimate of drug-likeness (QED) is 0.800. The Balaban J connectivity index is 2.63. The van der Waals surface area contributed by atoms with Crippen molar-refractivity contribution >= 4 is 5.97 Å². The maximum Gasteiger partial charge on any atom is 0.311 e. The van der Waals surface area contributed by atoms with Gasteiger partial charge >= 0.3 is 5.97 Å². The monoisotopic (exact) mass is 240 g/mol. The van der Waals surface area contributed by atoms with Gasteiger partial charge in [-0.2, -0.15) is 0 Å². The summed E-state index contributed by atoms with van der Waals surface area (Å²) in [5.74, 6) is -1.49. The average molecular weight is 240 g/mol. The van der Waals surface area contributed by atoms with E-state index >= 15 is 0 Å². The minimum atomic E-state index is -0.939. The van der Waals surface area contributed by atoms with Crippen LogP contribution >= 0.6 is 0 Å². The van der Waals surface area contributed by atoms with Gasteiger partial charge in [0.25, 0.3) is 0 Å². The number of aliphatic hydroxyl groups excluding tert-OH is 1. The van der Waals surface area contributed by atoms with E-state index in [0.717, 1.165) is 0 Å². The van der Waals surface area contributed by atoms with Gasteiger partial charge in [0.05, 0.1) is 18.6 Å². The summed E-state index contributed by atoms with van der Waals surface area (Å²) in [4.78, 5) is 11.4. The third-order valence-electron chi connectivity index (χ3n) is 2.62. The van der Waals surface area contributed by atoms with Crippen molar-refractivity contribution < 1.29 is 19.0 Å². The maximum absolute atomic E-state index is 13.3. The van der Waals surface area contributed by atoms with Gasteiger partial charge in [-0.05, 0) is 25.5 Å². The molecule has 0 radical (unpaired) electrons. The van der Waals surface area contributed by atoms with Gasteiger partial charge in [-0.15, -0.1) is 0 Å². The Bertz CT molecular complexity index is 379. The van der Waals surface area contributed by atoms with Crippen LogP contribution in [0.3, 0.4) is 0 Å². The number of rotatable bonds is 5. The van der Waals surface area contributed by atoms with Crippen molar-refractivity contribution in [3.63, 3.8) is 0 Å². The molecule has 17 heavy (non-hydrogen) atoms. The summed E-state index contributed by atoms with van der Waals surface area (Å²) in [6.07, 6.45) is -0.835. The lowest BCUT2D eigenvalue weighted by Crippen LogP contribution is -2.29. The molecule has 0 heterocycles. The van der Waals surface area contributed by atoms with Crippen LogP contribution in [0.2, 0.25) is 0 Å². The second-order valence-electron chi connectivity index (χ2n) is 3.90. The van der Waals surface area contributed by atoms with Crippen molar-refractivity contribution in [2.45, 2.75) is 26.4 Å². The molecule has 0 saturated carbocycles. The molecule has 0 aliphatic carbocycles. The normalized spacial score (nSPS) is 14.1. The van der Waals surface area contributed by atoms with Crippen LogP contribution in [0.15, 0.2) is 24.3 Å². The number of esters is 1. The summed E-state index contributed by atoms with van der Waals surface area (Å²) in [7, 11) is 0. The van der Waals surface area contributed by atoms with Crippen LogP contribution in [0.4, 0.5) is 4.39 Å². The molecule has 1 N–H and O–H groups in total. The molecule has 94 valence electrons. The zero-order valence-electron chi connectivity index (χ0n) is 10.0. The first-order chi connectivity index (χ1) is 8.06. The highest BCUT2D eigenvalue weighted by Crippen LogP contribution is 2.14. The molecule has 0 aromatic heterocycles. The number of ether oxygens (including phenoxy) is 1. The summed E-state index contributed by atoms with van der Waals surface area (Å²) >= 11 is 0. The van der Waals surface area contributed by atoms with Crippen LogP contribution < -0.4 is 0 Å². The zero-order chi connectivity index (χ0) is 12.8. The van der Waals surface area contributed by atoms with Gasteiger partial charge in [-0.3, -0.25) is 4.79 Å². The van der Waals surface area contributed by atoms with Gasteiger partial charge in [0.15, 0.2) is 0 Å². The summed E-state index contributed by atoms with van der Waals surface area (Å²) in [6.45, 7) is 3.55. The minimum absolute atomic E-state index is 0.104. The van der Waals surface area contributed by atoms with E-state index in [1.807, 2.05) is 0 Å². The number of carbonyl (C=O) groups excluding carboxylic acids is 1. The Morgan fingerprint density at radius 2 is 2.12 bits per heavy atom. The SMILES string of the molecule is CCOC(=O)C(C)C(O)Cc1ccccc1F. The molecule has 0 spiro atoms. The van der Waals surface area contributed by atoms with Crippen LogP contribution in [0.5, 0.6) is 0 Å². The molecule has 1 aromatic rings. The van der Waals surface area contributed by atoms with Crippen LogP contribution in [-0.2, 0) is 16.0 Å². The molecule has 3 nitrogen and oxygen atoms in total. The Hall–Kier alpha value is -1.42. The second kappa shape index (κ2) is 6.35. The molecular weight excluding hydrogens is 223 g/mol. The molecule has 1 rings (SSSR count). The van der Waals surface area contributed by atoms with Crippen molar-refractivity contribution in [3.8, 4) is 0 Å². The summed E-state index contributed by atoms with van der Waals surface area (Å²) in [5, 5.41) is 9.83. The minimum Gasteiger partial charge on any atom is -0.466 e. The predicted molar refractivity (Wildman–Crippen MR) is 61.9 cm³/mol. The van der Waals surface area contributed by atoms with E-state index in [1.165, 1.54) is 6.07 Å². The Labute approximate surface area is 100 Å². The standard InChI is InChI=1S/C13H17FO3/c1-3-17-13(16)9(2)12(15)8-10-6-4-5-7-11(10)14/h4-7,9,12,15H,3,8H2,1-2H3. The van der Waals surface area contributed by atoms with Gasteiger partial charge in [0.1, 0.15) is 5.82 Å². The van der Waals surface area contributed by atoms with Gasteiger partial charge in [0, 0.05) is 6.42 Å². The zero-order valence-corrected chi connectivity index (χ0v) is 10.0. The molecule has 1 aromatic carbocycles. The number of hydrogen-bond donors (Lipinski definition) is 1. The number of carbonyl (C=O) groups is 1. The first-order valence-electron chi connectivity index (χ1n) is 5.64. The van der Waals surface area contributed by atoms with Crippen molar-refractivity contribution in [3.05, 3.63) is 35.6 Å². The van der Waals surface area contributed by atoms with E-state index < -0.39 is 18.0 Å².